The van der Waals surface area contributed by atoms with E-state index in [-0.39, 0.29) is 11.5 Å². The Balaban J connectivity index is 0.000000684. The molecule has 0 N–H and O–H groups in total. The Labute approximate surface area is 223 Å². The van der Waals surface area contributed by atoms with Crippen molar-refractivity contribution in [3.8, 4) is 11.1 Å². The second-order valence-corrected chi connectivity index (χ2v) is 8.68. The van der Waals surface area contributed by atoms with Crippen LogP contribution in [0.4, 0.5) is 10.1 Å². The second-order valence-electron chi connectivity index (χ2n) is 8.68. The fraction of sp³-hybridized carbons (Fsp3) is 0.567. The lowest BCUT2D eigenvalue weighted by Gasteiger charge is -2.16. The highest BCUT2D eigenvalue weighted by Crippen LogP contribution is 2.32. The lowest BCUT2D eigenvalue weighted by atomic mass is 9.99. The number of unbranched alkanes of at least 4 members (excludes halogenated alkanes) is 6. The minimum atomic E-state index is -0.431. The summed E-state index contributed by atoms with van der Waals surface area (Å²) in [6, 6.07) is 10.8. The van der Waals surface area contributed by atoms with Crippen LogP contribution in [0.2, 0.25) is 0 Å². The van der Waals surface area contributed by atoms with Crippen LogP contribution in [0.1, 0.15) is 97.7 Å². The van der Waals surface area contributed by atoms with E-state index in [0.29, 0.717) is 5.56 Å². The van der Waals surface area contributed by atoms with Crippen LogP contribution in [0.3, 0.4) is 0 Å². The summed E-state index contributed by atoms with van der Waals surface area (Å²) in [7, 11) is 1.50. The molecule has 2 rings (SSSR count). The topological polar surface area (TPSA) is 72.7 Å². The number of nitrogens with zero attached hydrogens (tertiary/aromatic N) is 2. The van der Waals surface area contributed by atoms with Gasteiger partial charge < -0.3 is 9.64 Å². The molecule has 0 spiro atoms. The molecule has 7 heteroatoms. The van der Waals surface area contributed by atoms with E-state index in [1.54, 1.807) is 31.2 Å². The first kappa shape index (κ1) is 34.2. The number of hydrogen-bond donors (Lipinski definition) is 0. The molecule has 0 aliphatic rings. The Hall–Kier alpha value is -2.80. The van der Waals surface area contributed by atoms with Crippen molar-refractivity contribution in [2.45, 2.75) is 92.1 Å². The normalized spacial score (nSPS) is 10.9. The lowest BCUT2D eigenvalue weighted by Crippen LogP contribution is -2.24. The molecule has 0 radical (unpaired) electrons. The van der Waals surface area contributed by atoms with Gasteiger partial charge in [-0.25, -0.2) is 4.39 Å². The Morgan fingerprint density at radius 3 is 1.86 bits per heavy atom. The lowest BCUT2D eigenvalue weighted by molar-refractivity contribution is -0.386. The molecule has 0 aromatic heterocycles. The first-order valence-corrected chi connectivity index (χ1v) is 13.6. The van der Waals surface area contributed by atoms with Gasteiger partial charge in [0.2, 0.25) is 6.41 Å². The van der Waals surface area contributed by atoms with Crippen LogP contribution in [0, 0.1) is 15.9 Å². The van der Waals surface area contributed by atoms with E-state index in [9.17, 15) is 19.3 Å². The Morgan fingerprint density at radius 1 is 0.919 bits per heavy atom. The van der Waals surface area contributed by atoms with Crippen molar-refractivity contribution in [1.82, 2.24) is 4.90 Å². The molecule has 0 saturated carbocycles. The highest BCUT2D eigenvalue weighted by Gasteiger charge is 2.19. The largest absolute Gasteiger partial charge is 0.377 e. The Kier molecular flexibility index (Phi) is 19.7. The maximum atomic E-state index is 12.9. The Bertz CT molecular complexity index is 862. The summed E-state index contributed by atoms with van der Waals surface area (Å²) >= 11 is 0. The van der Waals surface area contributed by atoms with Crippen molar-refractivity contribution in [2.75, 3.05) is 20.2 Å². The predicted molar refractivity (Wildman–Crippen MR) is 151 cm³/mol. The molecule has 0 fully saturated rings. The van der Waals surface area contributed by atoms with E-state index in [2.05, 4.69) is 13.8 Å². The smallest absolute Gasteiger partial charge is 0.275 e. The fourth-order valence-electron chi connectivity index (χ4n) is 3.70. The van der Waals surface area contributed by atoms with E-state index in [4.69, 9.17) is 4.74 Å². The highest BCUT2D eigenvalue weighted by molar-refractivity contribution is 5.67. The van der Waals surface area contributed by atoms with Crippen LogP contribution >= 0.6 is 0 Å². The van der Waals surface area contributed by atoms with Crippen molar-refractivity contribution in [2.24, 2.45) is 0 Å². The van der Waals surface area contributed by atoms with Gasteiger partial charge in [0, 0.05) is 26.3 Å². The van der Waals surface area contributed by atoms with Gasteiger partial charge in [-0.05, 0) is 55.2 Å². The SMILES string of the molecule is CC.CCCCCCN(C=O)CCCCCC.COC(C)c1cc(-c2ccc(F)cc2)ccc1[N+](=O)[O-]. The van der Waals surface area contributed by atoms with Crippen molar-refractivity contribution in [1.29, 1.82) is 0 Å². The summed E-state index contributed by atoms with van der Waals surface area (Å²) in [6.07, 6.45) is 10.6. The zero-order valence-corrected chi connectivity index (χ0v) is 23.7. The third-order valence-electron chi connectivity index (χ3n) is 5.94. The summed E-state index contributed by atoms with van der Waals surface area (Å²) < 4.78 is 18.1. The van der Waals surface area contributed by atoms with E-state index in [1.807, 2.05) is 18.7 Å². The van der Waals surface area contributed by atoms with Gasteiger partial charge in [0.1, 0.15) is 5.82 Å². The average molecular weight is 519 g/mol. The van der Waals surface area contributed by atoms with E-state index < -0.39 is 11.0 Å². The number of halogens is 1. The standard InChI is InChI=1S/C15H14FNO3.C13H27NO.C2H6/c1-10(20-2)14-9-12(5-8-15(14)17(18)19)11-3-6-13(16)7-4-11;1-3-5-7-9-11-14(13-15)12-10-8-6-4-2;1-2/h3-10H,1-2H3;13H,3-12H2,1-2H3;1-2H3. The number of carbonyl (C=O) groups is 1. The van der Waals surface area contributed by atoms with Crippen LogP contribution in [-0.4, -0.2) is 36.4 Å². The van der Waals surface area contributed by atoms with Crippen LogP contribution in [0.15, 0.2) is 42.5 Å². The number of ether oxygens (including phenoxy) is 1. The minimum absolute atomic E-state index is 0.0187. The maximum absolute atomic E-state index is 12.9. The second kappa shape index (κ2) is 21.3. The van der Waals surface area contributed by atoms with Crippen LogP contribution in [0.25, 0.3) is 11.1 Å². The molecular formula is C30H47FN2O4. The third-order valence-corrected chi connectivity index (χ3v) is 5.94. The van der Waals surface area contributed by atoms with Gasteiger partial charge in [-0.1, -0.05) is 78.4 Å². The molecule has 2 aromatic carbocycles. The Morgan fingerprint density at radius 2 is 1.43 bits per heavy atom. The molecule has 37 heavy (non-hydrogen) atoms. The number of nitro groups is 1. The van der Waals surface area contributed by atoms with Gasteiger partial charge in [-0.2, -0.15) is 0 Å². The summed E-state index contributed by atoms with van der Waals surface area (Å²) in [4.78, 5) is 23.3. The number of rotatable bonds is 15. The van der Waals surface area contributed by atoms with Crippen LogP contribution in [0.5, 0.6) is 0 Å². The molecule has 2 aromatic rings. The summed E-state index contributed by atoms with van der Waals surface area (Å²) in [5.41, 5.74) is 2.10. The molecule has 0 aliphatic carbocycles. The van der Waals surface area contributed by atoms with Gasteiger partial charge in [0.25, 0.3) is 5.69 Å². The molecule has 0 heterocycles. The summed E-state index contributed by atoms with van der Waals surface area (Å²) in [5, 5.41) is 11.0. The number of carbonyl (C=O) groups excluding carboxylic acids is 1. The molecule has 208 valence electrons. The van der Waals surface area contributed by atoms with Crippen LogP contribution < -0.4 is 0 Å². The maximum Gasteiger partial charge on any atom is 0.275 e. The molecule has 0 saturated heterocycles. The molecule has 1 amide bonds. The van der Waals surface area contributed by atoms with Crippen molar-refractivity contribution < 1.29 is 18.8 Å². The zero-order chi connectivity index (χ0) is 28.1. The molecule has 1 unspecified atom stereocenters. The van der Waals surface area contributed by atoms with Crippen molar-refractivity contribution in [3.63, 3.8) is 0 Å². The molecule has 6 nitrogen and oxygen atoms in total. The van der Waals surface area contributed by atoms with E-state index in [0.717, 1.165) is 30.6 Å². The van der Waals surface area contributed by atoms with Crippen molar-refractivity contribution >= 4 is 12.1 Å². The quantitative estimate of drug-likeness (QED) is 0.102. The summed E-state index contributed by atoms with van der Waals surface area (Å²) in [6.45, 7) is 12.1. The number of methoxy groups -OCH3 is 1. The van der Waals surface area contributed by atoms with E-state index in [1.165, 1.54) is 76.7 Å². The van der Waals surface area contributed by atoms with Gasteiger partial charge in [-0.3, -0.25) is 14.9 Å². The average Bonchev–Trinajstić information content (AvgIpc) is 2.93. The number of nitro benzene ring substituents is 1. The number of amides is 1. The minimum Gasteiger partial charge on any atom is -0.377 e. The van der Waals surface area contributed by atoms with Crippen LogP contribution in [-0.2, 0) is 9.53 Å². The monoisotopic (exact) mass is 518 g/mol. The fourth-order valence-corrected chi connectivity index (χ4v) is 3.70. The zero-order valence-electron chi connectivity index (χ0n) is 23.7. The highest BCUT2D eigenvalue weighted by atomic mass is 19.1. The molecular weight excluding hydrogens is 471 g/mol. The third kappa shape index (κ3) is 13.9. The number of benzene rings is 2. The van der Waals surface area contributed by atoms with E-state index >= 15 is 0 Å². The summed E-state index contributed by atoms with van der Waals surface area (Å²) in [5.74, 6) is -0.318. The van der Waals surface area contributed by atoms with Gasteiger partial charge in [0.15, 0.2) is 0 Å². The van der Waals surface area contributed by atoms with Crippen molar-refractivity contribution in [3.05, 3.63) is 64.0 Å². The molecule has 1 atom stereocenters. The first-order valence-electron chi connectivity index (χ1n) is 13.6. The molecule has 0 aliphatic heterocycles. The molecule has 0 bridgehead atoms. The van der Waals surface area contributed by atoms with Gasteiger partial charge in [-0.15, -0.1) is 0 Å². The predicted octanol–water partition coefficient (Wildman–Crippen LogP) is 8.74. The first-order chi connectivity index (χ1) is 17.9. The number of hydrogen-bond acceptors (Lipinski definition) is 4. The van der Waals surface area contributed by atoms with Gasteiger partial charge >= 0.3 is 0 Å². The van der Waals surface area contributed by atoms with Gasteiger partial charge in [0.05, 0.1) is 16.6 Å².